The third-order valence-electron chi connectivity index (χ3n) is 6.70. The smallest absolute Gasteiger partial charge is 0.484 e. The van der Waals surface area contributed by atoms with Crippen LogP contribution in [0.2, 0.25) is 5.02 Å². The van der Waals surface area contributed by atoms with Gasteiger partial charge in [0, 0.05) is 40.7 Å². The van der Waals surface area contributed by atoms with Crippen molar-refractivity contribution in [2.75, 3.05) is 25.0 Å². The molecular formula is C30H25ClF3N3O4S. The van der Waals surface area contributed by atoms with Crippen molar-refractivity contribution in [2.45, 2.75) is 25.1 Å². The number of aromatic nitrogens is 1. The number of rotatable bonds is 8. The summed E-state index contributed by atoms with van der Waals surface area (Å²) in [4.78, 5) is 32.0. The monoisotopic (exact) mass is 615 g/mol. The number of para-hydroxylation sites is 1. The number of nitrogens with one attached hydrogen (secondary N) is 1. The van der Waals surface area contributed by atoms with Gasteiger partial charge in [-0.25, -0.2) is 4.98 Å². The molecule has 218 valence electrons. The molecule has 42 heavy (non-hydrogen) atoms. The summed E-state index contributed by atoms with van der Waals surface area (Å²) < 4.78 is 47.0. The zero-order valence-corrected chi connectivity index (χ0v) is 23.6. The van der Waals surface area contributed by atoms with E-state index in [0.29, 0.717) is 40.7 Å². The molecule has 0 bridgehead atoms. The van der Waals surface area contributed by atoms with Crippen molar-refractivity contribution in [3.63, 3.8) is 0 Å². The minimum Gasteiger partial charge on any atom is -0.484 e. The minimum absolute atomic E-state index is 0.0547. The van der Waals surface area contributed by atoms with Crippen LogP contribution in [0.15, 0.2) is 78.2 Å². The van der Waals surface area contributed by atoms with Gasteiger partial charge in [-0.1, -0.05) is 41.9 Å². The minimum atomic E-state index is -4.78. The first kappa shape index (κ1) is 29.4. The van der Waals surface area contributed by atoms with Crippen molar-refractivity contribution in [1.82, 2.24) is 9.88 Å². The second-order valence-electron chi connectivity index (χ2n) is 9.54. The molecule has 2 amide bonds. The lowest BCUT2D eigenvalue weighted by Gasteiger charge is -2.31. The van der Waals surface area contributed by atoms with E-state index in [1.54, 1.807) is 58.8 Å². The summed E-state index contributed by atoms with van der Waals surface area (Å²) in [7, 11) is 0. The van der Waals surface area contributed by atoms with Crippen LogP contribution < -0.4 is 14.8 Å². The lowest BCUT2D eigenvalue weighted by atomic mass is 9.97. The molecule has 1 aliphatic heterocycles. The van der Waals surface area contributed by atoms with Crippen LogP contribution in [-0.2, 0) is 4.79 Å². The maximum atomic E-state index is 13.1. The maximum Gasteiger partial charge on any atom is 0.573 e. The van der Waals surface area contributed by atoms with Crippen molar-refractivity contribution in [3.8, 4) is 22.6 Å². The summed E-state index contributed by atoms with van der Waals surface area (Å²) in [6.45, 7) is 1.07. The summed E-state index contributed by atoms with van der Waals surface area (Å²) in [5, 5.41) is 5.99. The number of carbonyl (C=O) groups excluding carboxylic acids is 2. The van der Waals surface area contributed by atoms with E-state index < -0.39 is 12.3 Å². The SMILES string of the molecule is O=C(Nc1ccccc1-c1ccc(OC(F)(F)F)cc1)c1csc(C2CCN(C(=O)COc3ccc(Cl)cc3)CC2)n1. The predicted molar refractivity (Wildman–Crippen MR) is 154 cm³/mol. The maximum absolute atomic E-state index is 13.1. The number of ether oxygens (including phenoxy) is 2. The largest absolute Gasteiger partial charge is 0.573 e. The van der Waals surface area contributed by atoms with Gasteiger partial charge >= 0.3 is 6.36 Å². The molecule has 0 aliphatic carbocycles. The molecule has 1 fully saturated rings. The van der Waals surface area contributed by atoms with E-state index in [1.165, 1.54) is 35.6 Å². The molecule has 0 unspecified atom stereocenters. The Balaban J connectivity index is 1.16. The van der Waals surface area contributed by atoms with Crippen molar-refractivity contribution in [2.24, 2.45) is 0 Å². The average molecular weight is 616 g/mol. The quantitative estimate of drug-likeness (QED) is 0.223. The second-order valence-corrected chi connectivity index (χ2v) is 10.9. The molecule has 1 aromatic heterocycles. The van der Waals surface area contributed by atoms with Crippen LogP contribution in [0.1, 0.15) is 34.3 Å². The van der Waals surface area contributed by atoms with Crippen molar-refractivity contribution >= 4 is 40.4 Å². The Labute approximate surface area is 248 Å². The van der Waals surface area contributed by atoms with Crippen LogP contribution in [0.5, 0.6) is 11.5 Å². The van der Waals surface area contributed by atoms with Crippen LogP contribution in [0, 0.1) is 0 Å². The highest BCUT2D eigenvalue weighted by atomic mass is 35.5. The van der Waals surface area contributed by atoms with E-state index in [4.69, 9.17) is 16.3 Å². The summed E-state index contributed by atoms with van der Waals surface area (Å²) in [5.74, 6) is -0.114. The first-order valence-electron chi connectivity index (χ1n) is 13.0. The third-order valence-corrected chi connectivity index (χ3v) is 7.96. The number of hydrogen-bond donors (Lipinski definition) is 1. The van der Waals surface area contributed by atoms with Crippen LogP contribution >= 0.6 is 22.9 Å². The number of likely N-dealkylation sites (tertiary alicyclic amines) is 1. The van der Waals surface area contributed by atoms with E-state index in [0.717, 1.165) is 17.8 Å². The van der Waals surface area contributed by atoms with E-state index >= 15 is 0 Å². The summed E-state index contributed by atoms with van der Waals surface area (Å²) in [6, 6.07) is 19.3. The Morgan fingerprint density at radius 3 is 2.33 bits per heavy atom. The number of carbonyl (C=O) groups is 2. The molecule has 2 heterocycles. The van der Waals surface area contributed by atoms with Crippen molar-refractivity contribution in [3.05, 3.63) is 93.9 Å². The van der Waals surface area contributed by atoms with Gasteiger partial charge in [-0.15, -0.1) is 24.5 Å². The third kappa shape index (κ3) is 7.59. The second kappa shape index (κ2) is 12.8. The fourth-order valence-electron chi connectivity index (χ4n) is 4.59. The Hall–Kier alpha value is -4.09. The van der Waals surface area contributed by atoms with Crippen LogP contribution in [0.4, 0.5) is 18.9 Å². The van der Waals surface area contributed by atoms with Gasteiger partial charge in [0.05, 0.1) is 5.01 Å². The van der Waals surface area contributed by atoms with Gasteiger partial charge in [-0.2, -0.15) is 0 Å². The Bertz CT molecular complexity index is 1540. The highest BCUT2D eigenvalue weighted by molar-refractivity contribution is 7.10. The fraction of sp³-hybridized carbons (Fsp3) is 0.233. The number of halogens is 4. The van der Waals surface area contributed by atoms with Crippen LogP contribution in [0.25, 0.3) is 11.1 Å². The van der Waals surface area contributed by atoms with Gasteiger partial charge in [0.25, 0.3) is 11.8 Å². The normalized spacial score (nSPS) is 14.0. The zero-order chi connectivity index (χ0) is 29.7. The molecule has 1 saturated heterocycles. The van der Waals surface area contributed by atoms with Crippen molar-refractivity contribution < 1.29 is 32.2 Å². The molecule has 0 saturated carbocycles. The first-order chi connectivity index (χ1) is 20.1. The molecule has 0 radical (unpaired) electrons. The molecule has 0 atom stereocenters. The van der Waals surface area contributed by atoms with E-state index in [9.17, 15) is 22.8 Å². The Kier molecular flexibility index (Phi) is 8.98. The van der Waals surface area contributed by atoms with Gasteiger partial charge in [0.15, 0.2) is 6.61 Å². The number of anilines is 1. The van der Waals surface area contributed by atoms with Gasteiger partial charge < -0.3 is 19.7 Å². The molecule has 12 heteroatoms. The van der Waals surface area contributed by atoms with Gasteiger partial charge in [0.1, 0.15) is 17.2 Å². The highest BCUT2D eigenvalue weighted by Gasteiger charge is 2.31. The predicted octanol–water partition coefficient (Wildman–Crippen LogP) is 7.40. The van der Waals surface area contributed by atoms with E-state index in [2.05, 4.69) is 15.0 Å². The standard InChI is InChI=1S/C30H25ClF3N3O4S/c31-21-7-11-22(12-8-21)40-17-27(38)37-15-13-20(14-16-37)29-36-26(18-42-29)28(39)35-25-4-2-1-3-24(25)19-5-9-23(10-6-19)41-30(32,33)34/h1-12,18,20H,13-17H2,(H,35,39). The number of amides is 2. The van der Waals surface area contributed by atoms with Crippen LogP contribution in [-0.4, -0.2) is 47.8 Å². The molecule has 1 N–H and O–H groups in total. The molecule has 7 nitrogen and oxygen atoms in total. The number of benzene rings is 3. The summed E-state index contributed by atoms with van der Waals surface area (Å²) in [5.41, 5.74) is 2.01. The summed E-state index contributed by atoms with van der Waals surface area (Å²) in [6.07, 6.45) is -3.34. The zero-order valence-electron chi connectivity index (χ0n) is 22.1. The van der Waals surface area contributed by atoms with Crippen LogP contribution in [0.3, 0.4) is 0 Å². The number of thiazole rings is 1. The van der Waals surface area contributed by atoms with Gasteiger partial charge in [-0.3, -0.25) is 9.59 Å². The fourth-order valence-corrected chi connectivity index (χ4v) is 5.69. The van der Waals surface area contributed by atoms with Gasteiger partial charge in [-0.05, 0) is 60.9 Å². The number of hydrogen-bond acceptors (Lipinski definition) is 6. The molecule has 5 rings (SSSR count). The number of nitrogens with zero attached hydrogens (tertiary/aromatic N) is 2. The summed E-state index contributed by atoms with van der Waals surface area (Å²) >= 11 is 7.28. The molecule has 0 spiro atoms. The van der Waals surface area contributed by atoms with E-state index in [-0.39, 0.29) is 29.9 Å². The van der Waals surface area contributed by atoms with Crippen molar-refractivity contribution in [1.29, 1.82) is 0 Å². The molecule has 3 aromatic carbocycles. The lowest BCUT2D eigenvalue weighted by Crippen LogP contribution is -2.40. The molecule has 1 aliphatic rings. The Morgan fingerprint density at radius 2 is 1.64 bits per heavy atom. The molecular weight excluding hydrogens is 591 g/mol. The van der Waals surface area contributed by atoms with E-state index in [1.807, 2.05) is 0 Å². The first-order valence-corrected chi connectivity index (χ1v) is 14.3. The highest BCUT2D eigenvalue weighted by Crippen LogP contribution is 2.33. The Morgan fingerprint density at radius 1 is 0.976 bits per heavy atom. The topological polar surface area (TPSA) is 80.8 Å². The number of piperidine rings is 1. The number of alkyl halides is 3. The average Bonchev–Trinajstić information content (AvgIpc) is 3.48. The van der Waals surface area contributed by atoms with Gasteiger partial charge in [0.2, 0.25) is 0 Å². The lowest BCUT2D eigenvalue weighted by molar-refractivity contribution is -0.274. The molecule has 4 aromatic rings.